The molecule has 1 aromatic carbocycles. The normalized spacial score (nSPS) is 12.2. The number of ether oxygens (including phenoxy) is 1. The van der Waals surface area contributed by atoms with E-state index >= 15 is 0 Å². The van der Waals surface area contributed by atoms with Gasteiger partial charge >= 0.3 is 5.97 Å². The van der Waals surface area contributed by atoms with Crippen LogP contribution in [0.2, 0.25) is 0 Å². The lowest BCUT2D eigenvalue weighted by molar-refractivity contribution is -0.145. The molecule has 94 valence electrons. The van der Waals surface area contributed by atoms with Crippen LogP contribution in [0, 0.1) is 0 Å². The van der Waals surface area contributed by atoms with Crippen molar-refractivity contribution in [2.24, 2.45) is 5.73 Å². The summed E-state index contributed by atoms with van der Waals surface area (Å²) in [5, 5.41) is 0. The fourth-order valence-corrected chi connectivity index (χ4v) is 1.86. The quantitative estimate of drug-likeness (QED) is 0.769. The highest BCUT2D eigenvalue weighted by atomic mass is 16.5. The summed E-state index contributed by atoms with van der Waals surface area (Å²) >= 11 is 0. The highest BCUT2D eigenvalue weighted by molar-refractivity contribution is 5.78. The maximum atomic E-state index is 11.7. The average molecular weight is 235 g/mol. The molecule has 0 aliphatic rings. The molecule has 0 bridgehead atoms. The summed E-state index contributed by atoms with van der Waals surface area (Å²) < 4.78 is 5.07. The number of nitrogens with two attached hydrogens (primary N) is 1. The van der Waals surface area contributed by atoms with Gasteiger partial charge in [0.25, 0.3) is 0 Å². The van der Waals surface area contributed by atoms with Crippen molar-refractivity contribution in [3.05, 3.63) is 35.4 Å². The molecular weight excluding hydrogens is 214 g/mol. The van der Waals surface area contributed by atoms with Gasteiger partial charge in [0.2, 0.25) is 0 Å². The van der Waals surface area contributed by atoms with E-state index in [1.165, 1.54) is 5.56 Å². The third kappa shape index (κ3) is 3.86. The monoisotopic (exact) mass is 235 g/mol. The zero-order chi connectivity index (χ0) is 12.7. The molecule has 1 aromatic rings. The van der Waals surface area contributed by atoms with Gasteiger partial charge in [-0.05, 0) is 37.4 Å². The zero-order valence-corrected chi connectivity index (χ0v) is 10.6. The van der Waals surface area contributed by atoms with Gasteiger partial charge in [-0.15, -0.1) is 0 Å². The van der Waals surface area contributed by atoms with E-state index in [4.69, 9.17) is 10.5 Å². The Morgan fingerprint density at radius 3 is 2.41 bits per heavy atom. The summed E-state index contributed by atoms with van der Waals surface area (Å²) in [4.78, 5) is 11.7. The number of hydrogen-bond donors (Lipinski definition) is 1. The molecule has 0 saturated carbocycles. The Morgan fingerprint density at radius 1 is 1.29 bits per heavy atom. The fourth-order valence-electron chi connectivity index (χ4n) is 1.86. The second kappa shape index (κ2) is 7.07. The van der Waals surface area contributed by atoms with Crippen LogP contribution in [0.4, 0.5) is 0 Å². The van der Waals surface area contributed by atoms with Crippen molar-refractivity contribution < 1.29 is 9.53 Å². The van der Waals surface area contributed by atoms with Gasteiger partial charge in [0, 0.05) is 0 Å². The lowest BCUT2D eigenvalue weighted by atomic mass is 9.95. The minimum absolute atomic E-state index is 0.137. The maximum absolute atomic E-state index is 11.7. The Kier molecular flexibility index (Phi) is 5.70. The van der Waals surface area contributed by atoms with Crippen LogP contribution in [-0.2, 0) is 16.0 Å². The summed E-state index contributed by atoms with van der Waals surface area (Å²) in [5.74, 6) is -0.288. The third-order valence-electron chi connectivity index (χ3n) is 2.79. The topological polar surface area (TPSA) is 52.3 Å². The molecule has 0 radical (unpaired) electrons. The molecule has 0 aromatic heterocycles. The third-order valence-corrected chi connectivity index (χ3v) is 2.79. The summed E-state index contributed by atoms with van der Waals surface area (Å²) in [7, 11) is 0. The summed E-state index contributed by atoms with van der Waals surface area (Å²) in [6.45, 7) is 4.90. The first kappa shape index (κ1) is 13.7. The second-order valence-corrected chi connectivity index (χ2v) is 3.99. The second-order valence-electron chi connectivity index (χ2n) is 3.99. The SMILES string of the molecule is CCOC(=O)C(CC)c1ccc(CCN)cc1. The Balaban J connectivity index is 2.78. The van der Waals surface area contributed by atoms with E-state index in [9.17, 15) is 4.79 Å². The van der Waals surface area contributed by atoms with Gasteiger partial charge in [-0.25, -0.2) is 0 Å². The first-order valence-corrected chi connectivity index (χ1v) is 6.18. The van der Waals surface area contributed by atoms with Crippen LogP contribution in [0.1, 0.15) is 37.3 Å². The maximum Gasteiger partial charge on any atom is 0.313 e. The van der Waals surface area contributed by atoms with Gasteiger partial charge in [0.1, 0.15) is 0 Å². The van der Waals surface area contributed by atoms with Crippen LogP contribution >= 0.6 is 0 Å². The van der Waals surface area contributed by atoms with Crippen LogP contribution in [0.3, 0.4) is 0 Å². The van der Waals surface area contributed by atoms with Gasteiger partial charge < -0.3 is 10.5 Å². The van der Waals surface area contributed by atoms with Crippen molar-refractivity contribution >= 4 is 5.97 Å². The number of carbonyl (C=O) groups is 1. The molecule has 1 unspecified atom stereocenters. The Morgan fingerprint density at radius 2 is 1.94 bits per heavy atom. The summed E-state index contributed by atoms with van der Waals surface area (Å²) in [5.41, 5.74) is 7.72. The van der Waals surface area contributed by atoms with Crippen molar-refractivity contribution in [1.29, 1.82) is 0 Å². The molecule has 0 spiro atoms. The van der Waals surface area contributed by atoms with Gasteiger partial charge in [-0.3, -0.25) is 4.79 Å². The highest BCUT2D eigenvalue weighted by Crippen LogP contribution is 2.21. The zero-order valence-electron chi connectivity index (χ0n) is 10.6. The molecule has 2 N–H and O–H groups in total. The average Bonchev–Trinajstić information content (AvgIpc) is 2.33. The van der Waals surface area contributed by atoms with Gasteiger partial charge in [-0.1, -0.05) is 31.2 Å². The van der Waals surface area contributed by atoms with Crippen molar-refractivity contribution in [2.45, 2.75) is 32.6 Å². The summed E-state index contributed by atoms with van der Waals surface area (Å²) in [6, 6.07) is 8.06. The van der Waals surface area contributed by atoms with E-state index in [2.05, 4.69) is 0 Å². The Bertz CT molecular complexity index is 346. The number of carbonyl (C=O) groups excluding carboxylic acids is 1. The smallest absolute Gasteiger partial charge is 0.313 e. The molecule has 1 atom stereocenters. The van der Waals surface area contributed by atoms with Crippen molar-refractivity contribution in [1.82, 2.24) is 0 Å². The van der Waals surface area contributed by atoms with Crippen molar-refractivity contribution in [3.63, 3.8) is 0 Å². The Labute approximate surface area is 103 Å². The fraction of sp³-hybridized carbons (Fsp3) is 0.500. The molecular formula is C14H21NO2. The van der Waals surface area contributed by atoms with E-state index < -0.39 is 0 Å². The van der Waals surface area contributed by atoms with Crippen LogP contribution in [0.25, 0.3) is 0 Å². The van der Waals surface area contributed by atoms with E-state index in [-0.39, 0.29) is 11.9 Å². The van der Waals surface area contributed by atoms with Crippen LogP contribution in [0.5, 0.6) is 0 Å². The minimum atomic E-state index is -0.151. The lowest BCUT2D eigenvalue weighted by Gasteiger charge is -2.14. The Hall–Kier alpha value is -1.35. The van der Waals surface area contributed by atoms with E-state index in [0.29, 0.717) is 13.2 Å². The van der Waals surface area contributed by atoms with Gasteiger partial charge in [0.05, 0.1) is 12.5 Å². The first-order chi connectivity index (χ1) is 8.22. The van der Waals surface area contributed by atoms with E-state index in [1.54, 1.807) is 0 Å². The lowest BCUT2D eigenvalue weighted by Crippen LogP contribution is -2.15. The van der Waals surface area contributed by atoms with Crippen molar-refractivity contribution in [3.8, 4) is 0 Å². The highest BCUT2D eigenvalue weighted by Gasteiger charge is 2.19. The molecule has 3 heteroatoms. The first-order valence-electron chi connectivity index (χ1n) is 6.18. The van der Waals surface area contributed by atoms with Crippen LogP contribution in [0.15, 0.2) is 24.3 Å². The van der Waals surface area contributed by atoms with Crippen molar-refractivity contribution in [2.75, 3.05) is 13.2 Å². The number of esters is 1. The molecule has 3 nitrogen and oxygen atoms in total. The van der Waals surface area contributed by atoms with E-state index in [1.807, 2.05) is 38.1 Å². The number of benzene rings is 1. The minimum Gasteiger partial charge on any atom is -0.466 e. The largest absolute Gasteiger partial charge is 0.466 e. The number of hydrogen-bond acceptors (Lipinski definition) is 3. The van der Waals surface area contributed by atoms with Crippen LogP contribution in [-0.4, -0.2) is 19.1 Å². The molecule has 17 heavy (non-hydrogen) atoms. The molecule has 0 fully saturated rings. The predicted octanol–water partition coefficient (Wildman–Crippen LogP) is 2.24. The molecule has 0 amide bonds. The van der Waals surface area contributed by atoms with Gasteiger partial charge in [0.15, 0.2) is 0 Å². The van der Waals surface area contributed by atoms with E-state index in [0.717, 1.165) is 18.4 Å². The molecule has 0 aliphatic carbocycles. The predicted molar refractivity (Wildman–Crippen MR) is 68.9 cm³/mol. The molecule has 0 saturated heterocycles. The molecule has 1 rings (SSSR count). The van der Waals surface area contributed by atoms with Gasteiger partial charge in [-0.2, -0.15) is 0 Å². The van der Waals surface area contributed by atoms with Crippen LogP contribution < -0.4 is 5.73 Å². The standard InChI is InChI=1S/C14H21NO2/c1-3-13(14(16)17-4-2)12-7-5-11(6-8-12)9-10-15/h5-8,13H,3-4,9-10,15H2,1-2H3. The summed E-state index contributed by atoms with van der Waals surface area (Å²) in [6.07, 6.45) is 1.63. The molecule has 0 aliphatic heterocycles. The molecule has 0 heterocycles. The number of rotatable bonds is 6.